The van der Waals surface area contributed by atoms with E-state index >= 15 is 0 Å². The van der Waals surface area contributed by atoms with Gasteiger partial charge in [0.15, 0.2) is 0 Å². The summed E-state index contributed by atoms with van der Waals surface area (Å²) in [6.45, 7) is 3.03. The molecule has 1 aromatic rings. The zero-order chi connectivity index (χ0) is 13.7. The van der Waals surface area contributed by atoms with Crippen molar-refractivity contribution in [2.24, 2.45) is 0 Å². The average molecular weight is 317 g/mol. The highest BCUT2D eigenvalue weighted by Crippen LogP contribution is 2.25. The fourth-order valence-corrected chi connectivity index (χ4v) is 1.84. The van der Waals surface area contributed by atoms with Gasteiger partial charge in [0, 0.05) is 12.1 Å². The maximum Gasteiger partial charge on any atom is 0.288 e. The number of aromatic nitrogens is 1. The molecule has 1 rings (SSSR count). The van der Waals surface area contributed by atoms with Gasteiger partial charge in [-0.05, 0) is 49.9 Å². The van der Waals surface area contributed by atoms with Crippen LogP contribution in [0, 0.1) is 10.1 Å². The summed E-state index contributed by atoms with van der Waals surface area (Å²) in [6, 6.07) is 1.70. The van der Waals surface area contributed by atoms with Gasteiger partial charge < -0.3 is 10.2 Å². The molecule has 6 nitrogen and oxygen atoms in total. The molecule has 0 fully saturated rings. The van der Waals surface area contributed by atoms with Crippen molar-refractivity contribution in [2.45, 2.75) is 19.4 Å². The first-order chi connectivity index (χ1) is 8.40. The lowest BCUT2D eigenvalue weighted by molar-refractivity contribution is -0.385. The Labute approximate surface area is 115 Å². The van der Waals surface area contributed by atoms with E-state index in [1.165, 1.54) is 12.3 Å². The van der Waals surface area contributed by atoms with Gasteiger partial charge in [0.05, 0.1) is 9.40 Å². The number of nitro groups is 1. The molecule has 0 saturated carbocycles. The standard InChI is InChI=1S/C11H17BrN4O2/c1-8(4-5-15(2)3)14-11-10(12)6-9(7-13-11)16(17)18/h6-8H,4-5H2,1-3H3,(H,13,14). The van der Waals surface area contributed by atoms with E-state index in [2.05, 4.69) is 38.1 Å². The van der Waals surface area contributed by atoms with Crippen molar-refractivity contribution in [2.75, 3.05) is 26.0 Å². The number of hydrogen-bond acceptors (Lipinski definition) is 5. The first-order valence-corrected chi connectivity index (χ1v) is 6.40. The van der Waals surface area contributed by atoms with Crippen molar-refractivity contribution in [3.8, 4) is 0 Å². The number of nitrogens with one attached hydrogen (secondary N) is 1. The minimum Gasteiger partial charge on any atom is -0.367 e. The van der Waals surface area contributed by atoms with Gasteiger partial charge in [-0.15, -0.1) is 0 Å². The molecule has 0 aliphatic heterocycles. The molecule has 1 unspecified atom stereocenters. The van der Waals surface area contributed by atoms with E-state index in [1.807, 2.05) is 14.1 Å². The summed E-state index contributed by atoms with van der Waals surface area (Å²) >= 11 is 3.28. The van der Waals surface area contributed by atoms with Crippen molar-refractivity contribution < 1.29 is 4.92 Å². The first kappa shape index (κ1) is 14.8. The van der Waals surface area contributed by atoms with E-state index in [9.17, 15) is 10.1 Å². The van der Waals surface area contributed by atoms with Gasteiger partial charge in [0.1, 0.15) is 12.0 Å². The number of hydrogen-bond donors (Lipinski definition) is 1. The Balaban J connectivity index is 2.64. The molecule has 0 spiro atoms. The fraction of sp³-hybridized carbons (Fsp3) is 0.545. The molecule has 0 saturated heterocycles. The third-order valence-electron chi connectivity index (χ3n) is 2.43. The molecule has 100 valence electrons. The zero-order valence-corrected chi connectivity index (χ0v) is 12.3. The van der Waals surface area contributed by atoms with Crippen LogP contribution in [0.5, 0.6) is 0 Å². The van der Waals surface area contributed by atoms with Crippen molar-refractivity contribution in [1.82, 2.24) is 9.88 Å². The maximum atomic E-state index is 10.6. The third-order valence-corrected chi connectivity index (χ3v) is 3.03. The normalized spacial score (nSPS) is 12.5. The smallest absolute Gasteiger partial charge is 0.288 e. The quantitative estimate of drug-likeness (QED) is 0.645. The van der Waals surface area contributed by atoms with Gasteiger partial charge >= 0.3 is 0 Å². The van der Waals surface area contributed by atoms with E-state index in [0.29, 0.717) is 10.3 Å². The molecule has 18 heavy (non-hydrogen) atoms. The van der Waals surface area contributed by atoms with Gasteiger partial charge in [-0.1, -0.05) is 0 Å². The van der Waals surface area contributed by atoms with E-state index in [-0.39, 0.29) is 11.7 Å². The summed E-state index contributed by atoms with van der Waals surface area (Å²) in [5.74, 6) is 0.631. The lowest BCUT2D eigenvalue weighted by Gasteiger charge is -2.17. The molecule has 0 aliphatic carbocycles. The zero-order valence-electron chi connectivity index (χ0n) is 10.7. The summed E-state index contributed by atoms with van der Waals surface area (Å²) in [7, 11) is 4.04. The summed E-state index contributed by atoms with van der Waals surface area (Å²) in [5.41, 5.74) is -0.0200. The van der Waals surface area contributed by atoms with Crippen molar-refractivity contribution in [1.29, 1.82) is 0 Å². The molecule has 7 heteroatoms. The molecular formula is C11H17BrN4O2. The lowest BCUT2D eigenvalue weighted by atomic mass is 10.2. The topological polar surface area (TPSA) is 71.3 Å². The fourth-order valence-electron chi connectivity index (χ4n) is 1.39. The van der Waals surface area contributed by atoms with Crippen LogP contribution in [0.4, 0.5) is 11.5 Å². The van der Waals surface area contributed by atoms with Crippen LogP contribution in [-0.4, -0.2) is 41.5 Å². The van der Waals surface area contributed by atoms with Crippen LogP contribution < -0.4 is 5.32 Å². The van der Waals surface area contributed by atoms with Gasteiger partial charge in [0.2, 0.25) is 0 Å². The molecule has 1 atom stereocenters. The average Bonchev–Trinajstić information content (AvgIpc) is 2.29. The second kappa shape index (κ2) is 6.65. The minimum atomic E-state index is -0.461. The van der Waals surface area contributed by atoms with Crippen LogP contribution >= 0.6 is 15.9 Å². The largest absolute Gasteiger partial charge is 0.367 e. The van der Waals surface area contributed by atoms with Crippen LogP contribution in [0.1, 0.15) is 13.3 Å². The second-order valence-corrected chi connectivity index (χ2v) is 5.27. The number of rotatable bonds is 6. The van der Waals surface area contributed by atoms with Gasteiger partial charge in [-0.2, -0.15) is 0 Å². The van der Waals surface area contributed by atoms with Crippen LogP contribution in [0.2, 0.25) is 0 Å². The first-order valence-electron chi connectivity index (χ1n) is 5.61. The lowest BCUT2D eigenvalue weighted by Crippen LogP contribution is -2.23. The molecule has 0 aromatic carbocycles. The van der Waals surface area contributed by atoms with Crippen molar-refractivity contribution >= 4 is 27.4 Å². The summed E-state index contributed by atoms with van der Waals surface area (Å²) in [5, 5.41) is 13.8. The van der Waals surface area contributed by atoms with Crippen LogP contribution in [-0.2, 0) is 0 Å². The Morgan fingerprint density at radius 2 is 2.28 bits per heavy atom. The number of anilines is 1. The molecule has 1 N–H and O–H groups in total. The van der Waals surface area contributed by atoms with Crippen LogP contribution in [0.3, 0.4) is 0 Å². The third kappa shape index (κ3) is 4.58. The van der Waals surface area contributed by atoms with Crippen molar-refractivity contribution in [3.05, 3.63) is 26.9 Å². The van der Waals surface area contributed by atoms with Crippen molar-refractivity contribution in [3.63, 3.8) is 0 Å². The molecular weight excluding hydrogens is 300 g/mol. The van der Waals surface area contributed by atoms with E-state index < -0.39 is 4.92 Å². The van der Waals surface area contributed by atoms with Gasteiger partial charge in [-0.3, -0.25) is 10.1 Å². The van der Waals surface area contributed by atoms with Crippen LogP contribution in [0.15, 0.2) is 16.7 Å². The predicted molar refractivity (Wildman–Crippen MR) is 74.8 cm³/mol. The summed E-state index contributed by atoms with van der Waals surface area (Å²) in [6.07, 6.45) is 2.23. The predicted octanol–water partition coefficient (Wildman–Crippen LogP) is 2.50. The Morgan fingerprint density at radius 1 is 1.61 bits per heavy atom. The number of pyridine rings is 1. The van der Waals surface area contributed by atoms with Gasteiger partial charge in [0.25, 0.3) is 5.69 Å². The van der Waals surface area contributed by atoms with E-state index in [0.717, 1.165) is 13.0 Å². The summed E-state index contributed by atoms with van der Waals surface area (Å²) in [4.78, 5) is 16.3. The highest BCUT2D eigenvalue weighted by Gasteiger charge is 2.12. The monoisotopic (exact) mass is 316 g/mol. The molecule has 1 heterocycles. The van der Waals surface area contributed by atoms with E-state index in [4.69, 9.17) is 0 Å². The molecule has 0 aliphatic rings. The number of halogens is 1. The molecule has 1 aromatic heterocycles. The minimum absolute atomic E-state index is 0.0200. The Morgan fingerprint density at radius 3 is 2.78 bits per heavy atom. The Hall–Kier alpha value is -1.21. The molecule has 0 radical (unpaired) electrons. The molecule has 0 bridgehead atoms. The Kier molecular flexibility index (Phi) is 5.49. The highest BCUT2D eigenvalue weighted by molar-refractivity contribution is 9.10. The maximum absolute atomic E-state index is 10.6. The second-order valence-electron chi connectivity index (χ2n) is 4.42. The van der Waals surface area contributed by atoms with Gasteiger partial charge in [-0.25, -0.2) is 4.98 Å². The highest BCUT2D eigenvalue weighted by atomic mass is 79.9. The van der Waals surface area contributed by atoms with Crippen LogP contribution in [0.25, 0.3) is 0 Å². The number of nitrogens with zero attached hydrogens (tertiary/aromatic N) is 3. The Bertz CT molecular complexity index is 426. The molecule has 0 amide bonds. The SMILES string of the molecule is CC(CCN(C)C)Nc1ncc([N+](=O)[O-])cc1Br. The van der Waals surface area contributed by atoms with E-state index in [1.54, 1.807) is 0 Å². The summed E-state index contributed by atoms with van der Waals surface area (Å²) < 4.78 is 0.605.